The smallest absolute Gasteiger partial charge is 0.308 e. The Labute approximate surface area is 101 Å². The van der Waals surface area contributed by atoms with Crippen LogP contribution in [-0.2, 0) is 4.79 Å². The van der Waals surface area contributed by atoms with Crippen molar-refractivity contribution in [1.82, 2.24) is 10.2 Å². The van der Waals surface area contributed by atoms with E-state index in [1.807, 2.05) is 0 Å². The van der Waals surface area contributed by atoms with Crippen LogP contribution in [0.3, 0.4) is 0 Å². The van der Waals surface area contributed by atoms with Crippen molar-refractivity contribution in [2.45, 2.75) is 6.92 Å². The lowest BCUT2D eigenvalue weighted by Gasteiger charge is -2.08. The topological polar surface area (TPSA) is 72.1 Å². The number of carbonyl (C=O) groups is 1. The molecule has 0 amide bonds. The molecular formula is C12H9FN2O3. The third kappa shape index (κ3) is 2.42. The number of rotatable bonds is 2. The molecule has 0 aliphatic rings. The monoisotopic (exact) mass is 248 g/mol. The maximum atomic E-state index is 13.8. The van der Waals surface area contributed by atoms with Crippen LogP contribution in [0.5, 0.6) is 5.75 Å². The maximum absolute atomic E-state index is 13.8. The lowest BCUT2D eigenvalue weighted by molar-refractivity contribution is -0.131. The van der Waals surface area contributed by atoms with Crippen molar-refractivity contribution in [3.8, 4) is 17.0 Å². The average molecular weight is 248 g/mol. The minimum atomic E-state index is -0.590. The van der Waals surface area contributed by atoms with Gasteiger partial charge in [0.25, 0.3) is 5.56 Å². The molecule has 0 unspecified atom stereocenters. The number of aromatic amines is 1. The van der Waals surface area contributed by atoms with Crippen LogP contribution in [0.25, 0.3) is 11.3 Å². The fourth-order valence-corrected chi connectivity index (χ4v) is 1.48. The first-order valence-electron chi connectivity index (χ1n) is 5.11. The third-order valence-electron chi connectivity index (χ3n) is 2.16. The Balaban J connectivity index is 2.57. The lowest BCUT2D eigenvalue weighted by Crippen LogP contribution is -2.08. The van der Waals surface area contributed by atoms with Gasteiger partial charge in [-0.15, -0.1) is 0 Å². The summed E-state index contributed by atoms with van der Waals surface area (Å²) in [6.07, 6.45) is 0. The van der Waals surface area contributed by atoms with Gasteiger partial charge in [-0.3, -0.25) is 9.59 Å². The van der Waals surface area contributed by atoms with Gasteiger partial charge in [0.2, 0.25) is 0 Å². The van der Waals surface area contributed by atoms with E-state index in [1.54, 1.807) is 0 Å². The van der Waals surface area contributed by atoms with E-state index in [-0.39, 0.29) is 17.0 Å². The molecule has 0 aliphatic heterocycles. The number of H-pyrrole nitrogens is 1. The first kappa shape index (κ1) is 12.0. The van der Waals surface area contributed by atoms with Gasteiger partial charge in [0.1, 0.15) is 11.6 Å². The van der Waals surface area contributed by atoms with Crippen molar-refractivity contribution in [1.29, 1.82) is 0 Å². The zero-order valence-corrected chi connectivity index (χ0v) is 9.44. The highest BCUT2D eigenvalue weighted by molar-refractivity contribution is 5.75. The SMILES string of the molecule is CC(=O)Oc1cccc(F)c1-c1ccc(=O)[nH]n1. The number of halogens is 1. The highest BCUT2D eigenvalue weighted by Gasteiger charge is 2.14. The summed E-state index contributed by atoms with van der Waals surface area (Å²) >= 11 is 0. The van der Waals surface area contributed by atoms with E-state index in [2.05, 4.69) is 10.2 Å². The molecule has 0 saturated heterocycles. The molecular weight excluding hydrogens is 239 g/mol. The average Bonchev–Trinajstić information content (AvgIpc) is 2.30. The van der Waals surface area contributed by atoms with E-state index in [4.69, 9.17) is 4.74 Å². The molecule has 1 aromatic carbocycles. The van der Waals surface area contributed by atoms with Gasteiger partial charge in [0, 0.05) is 13.0 Å². The largest absolute Gasteiger partial charge is 0.426 e. The van der Waals surface area contributed by atoms with Crippen LogP contribution in [0, 0.1) is 5.82 Å². The molecule has 1 heterocycles. The maximum Gasteiger partial charge on any atom is 0.308 e. The molecule has 0 radical (unpaired) electrons. The molecule has 5 nitrogen and oxygen atoms in total. The quantitative estimate of drug-likeness (QED) is 0.645. The van der Waals surface area contributed by atoms with Crippen LogP contribution in [0.15, 0.2) is 35.1 Å². The summed E-state index contributed by atoms with van der Waals surface area (Å²) in [4.78, 5) is 21.8. The van der Waals surface area contributed by atoms with Gasteiger partial charge >= 0.3 is 5.97 Å². The lowest BCUT2D eigenvalue weighted by atomic mass is 10.1. The van der Waals surface area contributed by atoms with Gasteiger partial charge in [0.05, 0.1) is 11.3 Å². The second-order valence-electron chi connectivity index (χ2n) is 3.51. The number of carbonyl (C=O) groups excluding carboxylic acids is 1. The Morgan fingerprint density at radius 2 is 2.11 bits per heavy atom. The fourth-order valence-electron chi connectivity index (χ4n) is 1.48. The molecule has 6 heteroatoms. The van der Waals surface area contributed by atoms with Gasteiger partial charge in [-0.25, -0.2) is 9.49 Å². The van der Waals surface area contributed by atoms with E-state index in [0.717, 1.165) is 0 Å². The number of hydrogen-bond acceptors (Lipinski definition) is 4. The van der Waals surface area contributed by atoms with Crippen LogP contribution in [0.2, 0.25) is 0 Å². The van der Waals surface area contributed by atoms with Crippen LogP contribution >= 0.6 is 0 Å². The van der Waals surface area contributed by atoms with E-state index < -0.39 is 17.3 Å². The summed E-state index contributed by atoms with van der Waals surface area (Å²) in [6.45, 7) is 1.22. The van der Waals surface area contributed by atoms with Gasteiger partial charge in [-0.05, 0) is 18.2 Å². The molecule has 0 bridgehead atoms. The van der Waals surface area contributed by atoms with Crippen molar-refractivity contribution in [3.05, 3.63) is 46.5 Å². The summed E-state index contributed by atoms with van der Waals surface area (Å²) < 4.78 is 18.7. The Morgan fingerprint density at radius 3 is 2.72 bits per heavy atom. The molecule has 0 spiro atoms. The van der Waals surface area contributed by atoms with Crippen LogP contribution in [0.1, 0.15) is 6.92 Å². The van der Waals surface area contributed by atoms with E-state index in [0.29, 0.717) is 0 Å². The minimum Gasteiger partial charge on any atom is -0.426 e. The predicted molar refractivity (Wildman–Crippen MR) is 61.6 cm³/mol. The number of hydrogen-bond donors (Lipinski definition) is 1. The van der Waals surface area contributed by atoms with Gasteiger partial charge in [-0.1, -0.05) is 6.07 Å². The van der Waals surface area contributed by atoms with Crippen molar-refractivity contribution >= 4 is 5.97 Å². The molecule has 92 valence electrons. The number of nitrogens with zero attached hydrogens (tertiary/aromatic N) is 1. The molecule has 2 rings (SSSR count). The standard InChI is InChI=1S/C12H9FN2O3/c1-7(16)18-10-4-2-3-8(13)12(10)9-5-6-11(17)15-14-9/h2-6H,1H3,(H,15,17). The summed E-state index contributed by atoms with van der Waals surface area (Å²) in [6, 6.07) is 6.65. The summed E-state index contributed by atoms with van der Waals surface area (Å²) in [5.74, 6) is -1.10. The highest BCUT2D eigenvalue weighted by atomic mass is 19.1. The number of aromatic nitrogens is 2. The number of ether oxygens (including phenoxy) is 1. The molecule has 0 fully saturated rings. The molecule has 0 atom stereocenters. The molecule has 0 aliphatic carbocycles. The zero-order valence-electron chi connectivity index (χ0n) is 9.44. The second-order valence-corrected chi connectivity index (χ2v) is 3.51. The normalized spacial score (nSPS) is 10.1. The first-order chi connectivity index (χ1) is 8.58. The fraction of sp³-hybridized carbons (Fsp3) is 0.0833. The molecule has 1 N–H and O–H groups in total. The highest BCUT2D eigenvalue weighted by Crippen LogP contribution is 2.30. The molecule has 18 heavy (non-hydrogen) atoms. The second kappa shape index (κ2) is 4.79. The van der Waals surface area contributed by atoms with Crippen molar-refractivity contribution < 1.29 is 13.9 Å². The minimum absolute atomic E-state index is 0.0314. The zero-order chi connectivity index (χ0) is 13.1. The first-order valence-corrected chi connectivity index (χ1v) is 5.11. The Hall–Kier alpha value is -2.50. The summed E-state index contributed by atoms with van der Waals surface area (Å²) in [5.41, 5.74) is -0.183. The van der Waals surface area contributed by atoms with Crippen molar-refractivity contribution in [2.24, 2.45) is 0 Å². The third-order valence-corrected chi connectivity index (χ3v) is 2.16. The van der Waals surface area contributed by atoms with E-state index >= 15 is 0 Å². The number of benzene rings is 1. The van der Waals surface area contributed by atoms with Gasteiger partial charge in [-0.2, -0.15) is 5.10 Å². The summed E-state index contributed by atoms with van der Waals surface area (Å²) in [5, 5.41) is 5.90. The number of nitrogens with one attached hydrogen (secondary N) is 1. The number of esters is 1. The molecule has 0 saturated carbocycles. The van der Waals surface area contributed by atoms with E-state index in [9.17, 15) is 14.0 Å². The molecule has 2 aromatic rings. The van der Waals surface area contributed by atoms with Crippen LogP contribution in [-0.4, -0.2) is 16.2 Å². The molecule has 1 aromatic heterocycles. The Bertz CT molecular complexity index is 632. The van der Waals surface area contributed by atoms with Gasteiger partial charge in [0.15, 0.2) is 0 Å². The Kier molecular flexibility index (Phi) is 3.18. The van der Waals surface area contributed by atoms with Crippen LogP contribution in [0.4, 0.5) is 4.39 Å². The van der Waals surface area contributed by atoms with E-state index in [1.165, 1.54) is 37.3 Å². The van der Waals surface area contributed by atoms with Gasteiger partial charge < -0.3 is 4.74 Å². The van der Waals surface area contributed by atoms with Crippen LogP contribution < -0.4 is 10.3 Å². The Morgan fingerprint density at radius 1 is 1.33 bits per heavy atom. The van der Waals surface area contributed by atoms with Crippen molar-refractivity contribution in [2.75, 3.05) is 0 Å². The van der Waals surface area contributed by atoms with Crippen molar-refractivity contribution in [3.63, 3.8) is 0 Å². The summed E-state index contributed by atoms with van der Waals surface area (Å²) in [7, 11) is 0. The predicted octanol–water partition coefficient (Wildman–Crippen LogP) is 1.50.